The predicted octanol–water partition coefficient (Wildman–Crippen LogP) is 3.81. The highest BCUT2D eigenvalue weighted by atomic mass is 16.5. The molecule has 0 amide bonds. The first-order valence-electron chi connectivity index (χ1n) is 7.83. The minimum absolute atomic E-state index is 0.488. The molecule has 0 spiro atoms. The maximum Gasteiger partial charge on any atom is 0.226 e. The van der Waals surface area contributed by atoms with Gasteiger partial charge in [0.1, 0.15) is 0 Å². The molecule has 3 unspecified atom stereocenters. The van der Waals surface area contributed by atoms with Gasteiger partial charge in [0, 0.05) is 17.8 Å². The Balaban J connectivity index is 1.99. The van der Waals surface area contributed by atoms with Crippen LogP contribution < -0.4 is 10.1 Å². The Morgan fingerprint density at radius 2 is 2.05 bits per heavy atom. The minimum Gasteiger partial charge on any atom is -0.478 e. The molecule has 0 saturated heterocycles. The normalized spacial score (nSPS) is 26.3. The third kappa shape index (κ3) is 4.09. The first kappa shape index (κ1) is 15.1. The van der Waals surface area contributed by atoms with Crippen LogP contribution >= 0.6 is 0 Å². The van der Waals surface area contributed by atoms with Crippen LogP contribution in [0.5, 0.6) is 5.88 Å². The van der Waals surface area contributed by atoms with E-state index in [2.05, 4.69) is 36.1 Å². The lowest BCUT2D eigenvalue weighted by Crippen LogP contribution is -2.31. The van der Waals surface area contributed by atoms with Crippen molar-refractivity contribution in [3.63, 3.8) is 0 Å². The van der Waals surface area contributed by atoms with Crippen LogP contribution in [0.3, 0.4) is 0 Å². The van der Waals surface area contributed by atoms with Crippen LogP contribution in [0, 0.1) is 18.8 Å². The van der Waals surface area contributed by atoms with E-state index in [-0.39, 0.29) is 0 Å². The second kappa shape index (κ2) is 6.91. The highest BCUT2D eigenvalue weighted by Crippen LogP contribution is 2.30. The van der Waals surface area contributed by atoms with Crippen molar-refractivity contribution in [2.75, 3.05) is 11.9 Å². The van der Waals surface area contributed by atoms with Gasteiger partial charge in [-0.1, -0.05) is 20.8 Å². The monoisotopic (exact) mass is 277 g/mol. The van der Waals surface area contributed by atoms with E-state index in [1.54, 1.807) is 0 Å². The molecule has 1 heterocycles. The molecule has 1 aromatic heterocycles. The van der Waals surface area contributed by atoms with Crippen LogP contribution in [0.2, 0.25) is 0 Å². The molecule has 1 aromatic rings. The molecule has 0 bridgehead atoms. The first-order chi connectivity index (χ1) is 9.58. The number of ether oxygens (including phenoxy) is 1. The van der Waals surface area contributed by atoms with E-state index in [4.69, 9.17) is 4.74 Å². The molecule has 0 aromatic carbocycles. The van der Waals surface area contributed by atoms with Gasteiger partial charge < -0.3 is 10.1 Å². The van der Waals surface area contributed by atoms with Gasteiger partial charge >= 0.3 is 0 Å². The van der Waals surface area contributed by atoms with Crippen LogP contribution in [-0.4, -0.2) is 22.6 Å². The van der Waals surface area contributed by atoms with Gasteiger partial charge in [-0.25, -0.2) is 4.98 Å². The summed E-state index contributed by atoms with van der Waals surface area (Å²) < 4.78 is 5.61. The van der Waals surface area contributed by atoms with Gasteiger partial charge in [-0.2, -0.15) is 4.98 Å². The Morgan fingerprint density at radius 3 is 2.75 bits per heavy atom. The summed E-state index contributed by atoms with van der Waals surface area (Å²) >= 11 is 0. The van der Waals surface area contributed by atoms with Gasteiger partial charge in [0.25, 0.3) is 0 Å². The lowest BCUT2D eigenvalue weighted by molar-refractivity contribution is 0.260. The van der Waals surface area contributed by atoms with Crippen LogP contribution in [0.15, 0.2) is 6.07 Å². The second-order valence-electron chi connectivity index (χ2n) is 6.13. The van der Waals surface area contributed by atoms with Crippen LogP contribution in [-0.2, 0) is 0 Å². The maximum atomic E-state index is 5.61. The molecule has 2 rings (SSSR count). The number of nitrogens with zero attached hydrogens (tertiary/aromatic N) is 2. The molecule has 1 aliphatic rings. The minimum atomic E-state index is 0.488. The fourth-order valence-electron chi connectivity index (χ4n) is 2.75. The van der Waals surface area contributed by atoms with Gasteiger partial charge in [-0.05, 0) is 44.4 Å². The molecule has 1 aliphatic carbocycles. The van der Waals surface area contributed by atoms with Gasteiger partial charge in [-0.3, -0.25) is 0 Å². The van der Waals surface area contributed by atoms with E-state index in [0.717, 1.165) is 24.0 Å². The van der Waals surface area contributed by atoms with Crippen molar-refractivity contribution in [1.29, 1.82) is 0 Å². The van der Waals surface area contributed by atoms with Crippen LogP contribution in [0.4, 0.5) is 5.95 Å². The van der Waals surface area contributed by atoms with E-state index >= 15 is 0 Å². The van der Waals surface area contributed by atoms with Crippen molar-refractivity contribution in [2.45, 2.75) is 59.4 Å². The summed E-state index contributed by atoms with van der Waals surface area (Å²) in [4.78, 5) is 8.94. The van der Waals surface area contributed by atoms with Crippen LogP contribution in [0.1, 0.15) is 52.1 Å². The fourth-order valence-corrected chi connectivity index (χ4v) is 2.75. The lowest BCUT2D eigenvalue weighted by atomic mass is 9.79. The molecular weight excluding hydrogens is 250 g/mol. The Labute approximate surface area is 122 Å². The molecule has 0 aliphatic heterocycles. The predicted molar refractivity (Wildman–Crippen MR) is 82.1 cm³/mol. The Hall–Kier alpha value is -1.32. The van der Waals surface area contributed by atoms with E-state index in [9.17, 15) is 0 Å². The highest BCUT2D eigenvalue weighted by molar-refractivity contribution is 5.32. The maximum absolute atomic E-state index is 5.61. The molecule has 1 N–H and O–H groups in total. The van der Waals surface area contributed by atoms with E-state index in [1.165, 1.54) is 19.3 Å². The van der Waals surface area contributed by atoms with E-state index in [1.807, 2.05) is 13.0 Å². The largest absolute Gasteiger partial charge is 0.478 e. The van der Waals surface area contributed by atoms with Gasteiger partial charge in [0.05, 0.1) is 6.61 Å². The zero-order chi connectivity index (χ0) is 14.5. The highest BCUT2D eigenvalue weighted by Gasteiger charge is 2.24. The number of hydrogen-bond donors (Lipinski definition) is 1. The van der Waals surface area contributed by atoms with E-state index in [0.29, 0.717) is 24.5 Å². The molecule has 4 nitrogen and oxygen atoms in total. The molecular formula is C16H27N3O. The van der Waals surface area contributed by atoms with E-state index < -0.39 is 0 Å². The number of aryl methyl sites for hydroxylation is 1. The smallest absolute Gasteiger partial charge is 0.226 e. The number of rotatable bonds is 5. The summed E-state index contributed by atoms with van der Waals surface area (Å²) in [6, 6.07) is 2.38. The van der Waals surface area contributed by atoms with Crippen molar-refractivity contribution in [3.05, 3.63) is 11.8 Å². The second-order valence-corrected chi connectivity index (χ2v) is 6.13. The molecule has 1 fully saturated rings. The third-order valence-corrected chi connectivity index (χ3v) is 4.22. The summed E-state index contributed by atoms with van der Waals surface area (Å²) in [6.45, 7) is 9.47. The number of nitrogens with one attached hydrogen (secondary N) is 1. The first-order valence-corrected chi connectivity index (χ1v) is 7.83. The molecule has 3 atom stereocenters. The standard InChI is InChI=1S/C16H27N3O/c1-5-8-20-15-10-13(4)17-16(19-15)18-14-7-6-11(2)12(3)9-14/h10-12,14H,5-9H2,1-4H3,(H,17,18,19). The zero-order valence-corrected chi connectivity index (χ0v) is 13.1. The molecule has 1 saturated carbocycles. The SMILES string of the molecule is CCCOc1cc(C)nc(NC2CCC(C)C(C)C2)n1. The van der Waals surface area contributed by atoms with Crippen molar-refractivity contribution in [3.8, 4) is 5.88 Å². The number of aromatic nitrogens is 2. The van der Waals surface area contributed by atoms with Crippen molar-refractivity contribution in [1.82, 2.24) is 9.97 Å². The molecule has 0 radical (unpaired) electrons. The summed E-state index contributed by atoms with van der Waals surface area (Å²) in [7, 11) is 0. The zero-order valence-electron chi connectivity index (χ0n) is 13.1. The summed E-state index contributed by atoms with van der Waals surface area (Å²) in [5.74, 6) is 2.98. The Bertz CT molecular complexity index is 436. The third-order valence-electron chi connectivity index (χ3n) is 4.22. The number of anilines is 1. The number of hydrogen-bond acceptors (Lipinski definition) is 4. The van der Waals surface area contributed by atoms with Gasteiger partial charge in [0.15, 0.2) is 0 Å². The Morgan fingerprint density at radius 1 is 1.25 bits per heavy atom. The molecule has 112 valence electrons. The van der Waals surface area contributed by atoms with Gasteiger partial charge in [0.2, 0.25) is 11.8 Å². The van der Waals surface area contributed by atoms with Crippen molar-refractivity contribution >= 4 is 5.95 Å². The Kier molecular flexibility index (Phi) is 5.21. The van der Waals surface area contributed by atoms with Crippen LogP contribution in [0.25, 0.3) is 0 Å². The summed E-state index contributed by atoms with van der Waals surface area (Å²) in [6.07, 6.45) is 4.67. The average molecular weight is 277 g/mol. The van der Waals surface area contributed by atoms with Gasteiger partial charge in [-0.15, -0.1) is 0 Å². The van der Waals surface area contributed by atoms with Crippen molar-refractivity contribution < 1.29 is 4.74 Å². The molecule has 20 heavy (non-hydrogen) atoms. The fraction of sp³-hybridized carbons (Fsp3) is 0.750. The topological polar surface area (TPSA) is 47.0 Å². The average Bonchev–Trinajstić information content (AvgIpc) is 2.40. The quantitative estimate of drug-likeness (QED) is 0.889. The lowest BCUT2D eigenvalue weighted by Gasteiger charge is -2.32. The summed E-state index contributed by atoms with van der Waals surface area (Å²) in [5.41, 5.74) is 0.950. The summed E-state index contributed by atoms with van der Waals surface area (Å²) in [5, 5.41) is 3.49. The van der Waals surface area contributed by atoms with Crippen molar-refractivity contribution in [2.24, 2.45) is 11.8 Å². The molecule has 4 heteroatoms.